The van der Waals surface area contributed by atoms with Crippen LogP contribution in [0, 0.1) is 6.92 Å². The van der Waals surface area contributed by atoms with Crippen LogP contribution in [0.4, 0.5) is 5.69 Å². The topological polar surface area (TPSA) is 64.9 Å². The number of hydrogen-bond donors (Lipinski definition) is 1. The summed E-state index contributed by atoms with van der Waals surface area (Å²) in [5.74, 6) is 0.375. The van der Waals surface area contributed by atoms with Crippen LogP contribution in [-0.4, -0.2) is 61.0 Å². The molecule has 2 heterocycles. The first kappa shape index (κ1) is 23.0. The molecule has 7 heteroatoms. The van der Waals surface area contributed by atoms with Crippen molar-refractivity contribution >= 4 is 11.6 Å². The van der Waals surface area contributed by atoms with E-state index in [2.05, 4.69) is 69.4 Å². The molecule has 0 saturated carbocycles. The van der Waals surface area contributed by atoms with Crippen LogP contribution in [0.15, 0.2) is 59.2 Å². The number of oxazole rings is 1. The van der Waals surface area contributed by atoms with Gasteiger partial charge in [0.05, 0.1) is 6.54 Å². The first-order chi connectivity index (χ1) is 16.0. The first-order valence-electron chi connectivity index (χ1n) is 11.5. The molecule has 1 aliphatic heterocycles. The number of hydrogen-bond acceptors (Lipinski definition) is 6. The Balaban J connectivity index is 1.21. The van der Waals surface area contributed by atoms with Crippen LogP contribution in [0.2, 0.25) is 0 Å². The number of anilines is 1. The molecule has 1 aromatic heterocycles. The molecule has 0 spiro atoms. The van der Waals surface area contributed by atoms with E-state index in [1.165, 1.54) is 23.1 Å². The maximum absolute atomic E-state index is 12.4. The number of benzene rings is 2. The summed E-state index contributed by atoms with van der Waals surface area (Å²) in [7, 11) is 4.12. The molecule has 3 aromatic rings. The van der Waals surface area contributed by atoms with Gasteiger partial charge in [-0.1, -0.05) is 42.0 Å². The lowest BCUT2D eigenvalue weighted by Crippen LogP contribution is -2.45. The second-order valence-corrected chi connectivity index (χ2v) is 8.91. The number of aryl methyl sites for hydroxylation is 1. The second kappa shape index (κ2) is 10.6. The molecule has 7 nitrogen and oxygen atoms in total. The molecule has 0 atom stereocenters. The molecule has 2 aromatic carbocycles. The van der Waals surface area contributed by atoms with E-state index in [4.69, 9.17) is 4.42 Å². The Hall–Kier alpha value is -3.16. The van der Waals surface area contributed by atoms with E-state index < -0.39 is 0 Å². The van der Waals surface area contributed by atoms with Gasteiger partial charge in [-0.3, -0.25) is 14.6 Å². The standard InChI is InChI=1S/C26H33N5O2/c1-20-5-4-6-22(15-20)16-27-26(32)24-19-33-25(28-24)18-31-13-11-30(12-14-31)17-21-7-9-23(10-8-21)29(2)3/h4-10,15,19H,11-14,16-18H2,1-3H3,(H,27,32). The van der Waals surface area contributed by atoms with Crippen molar-refractivity contribution in [2.45, 2.75) is 26.6 Å². The number of nitrogens with zero attached hydrogens (tertiary/aromatic N) is 4. The van der Waals surface area contributed by atoms with E-state index in [1.54, 1.807) is 0 Å². The molecule has 1 saturated heterocycles. The van der Waals surface area contributed by atoms with Crippen molar-refractivity contribution in [3.63, 3.8) is 0 Å². The second-order valence-electron chi connectivity index (χ2n) is 8.91. The number of amides is 1. The van der Waals surface area contributed by atoms with E-state index >= 15 is 0 Å². The highest BCUT2D eigenvalue weighted by Gasteiger charge is 2.20. The Morgan fingerprint density at radius 2 is 1.70 bits per heavy atom. The first-order valence-corrected chi connectivity index (χ1v) is 11.5. The minimum absolute atomic E-state index is 0.211. The summed E-state index contributed by atoms with van der Waals surface area (Å²) < 4.78 is 5.58. The van der Waals surface area contributed by atoms with E-state index in [9.17, 15) is 4.79 Å². The summed E-state index contributed by atoms with van der Waals surface area (Å²) in [5.41, 5.74) is 5.13. The van der Waals surface area contributed by atoms with Gasteiger partial charge in [-0.15, -0.1) is 0 Å². The number of carbonyl (C=O) groups excluding carboxylic acids is 1. The summed E-state index contributed by atoms with van der Waals surface area (Å²) in [5, 5.41) is 2.91. The van der Waals surface area contributed by atoms with Gasteiger partial charge >= 0.3 is 0 Å². The van der Waals surface area contributed by atoms with Crippen LogP contribution < -0.4 is 10.2 Å². The predicted molar refractivity (Wildman–Crippen MR) is 130 cm³/mol. The molecule has 4 rings (SSSR count). The monoisotopic (exact) mass is 447 g/mol. The average molecular weight is 448 g/mol. The summed E-state index contributed by atoms with van der Waals surface area (Å²) >= 11 is 0. The molecule has 33 heavy (non-hydrogen) atoms. The number of carbonyl (C=O) groups is 1. The van der Waals surface area contributed by atoms with Crippen molar-refractivity contribution in [2.75, 3.05) is 45.2 Å². The van der Waals surface area contributed by atoms with Gasteiger partial charge in [-0.05, 0) is 30.2 Å². The van der Waals surface area contributed by atoms with Crippen LogP contribution in [0.1, 0.15) is 33.1 Å². The fraction of sp³-hybridized carbons (Fsp3) is 0.385. The van der Waals surface area contributed by atoms with Crippen molar-refractivity contribution in [2.24, 2.45) is 0 Å². The number of rotatable bonds is 8. The largest absolute Gasteiger partial charge is 0.447 e. The molecular formula is C26H33N5O2. The maximum atomic E-state index is 12.4. The minimum atomic E-state index is -0.211. The van der Waals surface area contributed by atoms with Crippen LogP contribution in [0.5, 0.6) is 0 Å². The zero-order chi connectivity index (χ0) is 23.2. The Morgan fingerprint density at radius 3 is 2.36 bits per heavy atom. The Bertz CT molecular complexity index is 1050. The maximum Gasteiger partial charge on any atom is 0.273 e. The highest BCUT2D eigenvalue weighted by Crippen LogP contribution is 2.16. The molecule has 1 aliphatic rings. The quantitative estimate of drug-likeness (QED) is 0.572. The summed E-state index contributed by atoms with van der Waals surface area (Å²) in [6.07, 6.45) is 1.45. The van der Waals surface area contributed by atoms with Gasteiger partial charge in [-0.2, -0.15) is 0 Å². The van der Waals surface area contributed by atoms with Crippen molar-refractivity contribution in [1.29, 1.82) is 0 Å². The molecule has 0 unspecified atom stereocenters. The van der Waals surface area contributed by atoms with Crippen molar-refractivity contribution in [1.82, 2.24) is 20.1 Å². The number of piperazine rings is 1. The molecule has 1 fully saturated rings. The van der Waals surface area contributed by atoms with Crippen molar-refractivity contribution < 1.29 is 9.21 Å². The lowest BCUT2D eigenvalue weighted by molar-refractivity contribution is 0.0945. The SMILES string of the molecule is Cc1cccc(CNC(=O)c2coc(CN3CCN(Cc4ccc(N(C)C)cc4)CC3)n2)c1. The fourth-order valence-corrected chi connectivity index (χ4v) is 4.04. The zero-order valence-corrected chi connectivity index (χ0v) is 19.8. The normalized spacial score (nSPS) is 14.9. The van der Waals surface area contributed by atoms with Crippen LogP contribution in [-0.2, 0) is 19.6 Å². The van der Waals surface area contributed by atoms with Crippen molar-refractivity contribution in [3.05, 3.63) is 83.1 Å². The highest BCUT2D eigenvalue weighted by molar-refractivity contribution is 5.91. The minimum Gasteiger partial charge on any atom is -0.447 e. The van der Waals surface area contributed by atoms with Gasteiger partial charge < -0.3 is 14.6 Å². The van der Waals surface area contributed by atoms with Crippen LogP contribution in [0.3, 0.4) is 0 Å². The number of aromatic nitrogens is 1. The molecule has 0 bridgehead atoms. The lowest BCUT2D eigenvalue weighted by Gasteiger charge is -2.34. The van der Waals surface area contributed by atoms with Gasteiger partial charge in [0.1, 0.15) is 6.26 Å². The summed E-state index contributed by atoms with van der Waals surface area (Å²) in [4.78, 5) is 23.7. The van der Waals surface area contributed by atoms with Crippen molar-refractivity contribution in [3.8, 4) is 0 Å². The molecular weight excluding hydrogens is 414 g/mol. The number of nitrogens with one attached hydrogen (secondary N) is 1. The van der Waals surface area contributed by atoms with Gasteiger partial charge in [-0.25, -0.2) is 4.98 Å². The molecule has 1 amide bonds. The lowest BCUT2D eigenvalue weighted by atomic mass is 10.1. The summed E-state index contributed by atoms with van der Waals surface area (Å²) in [6.45, 7) is 8.00. The predicted octanol–water partition coefficient (Wildman–Crippen LogP) is 3.30. The smallest absolute Gasteiger partial charge is 0.273 e. The van der Waals surface area contributed by atoms with E-state index in [0.717, 1.165) is 38.3 Å². The van der Waals surface area contributed by atoms with Crippen LogP contribution in [0.25, 0.3) is 0 Å². The van der Waals surface area contributed by atoms with Gasteiger partial charge in [0.25, 0.3) is 5.91 Å². The third-order valence-electron chi connectivity index (χ3n) is 6.00. The summed E-state index contributed by atoms with van der Waals surface area (Å²) in [6, 6.07) is 16.8. The molecule has 174 valence electrons. The van der Waals surface area contributed by atoms with Gasteiger partial charge in [0, 0.05) is 59.1 Å². The Labute approximate surface area is 196 Å². The average Bonchev–Trinajstić information content (AvgIpc) is 3.28. The van der Waals surface area contributed by atoms with E-state index in [-0.39, 0.29) is 5.91 Å². The van der Waals surface area contributed by atoms with Gasteiger partial charge in [0.2, 0.25) is 5.89 Å². The fourth-order valence-electron chi connectivity index (χ4n) is 4.04. The Kier molecular flexibility index (Phi) is 7.42. The highest BCUT2D eigenvalue weighted by atomic mass is 16.3. The van der Waals surface area contributed by atoms with Crippen LogP contribution >= 0.6 is 0 Å². The Morgan fingerprint density at radius 1 is 1.00 bits per heavy atom. The molecule has 0 aliphatic carbocycles. The zero-order valence-electron chi connectivity index (χ0n) is 19.8. The molecule has 1 N–H and O–H groups in total. The van der Waals surface area contributed by atoms with E-state index in [1.807, 2.05) is 25.1 Å². The van der Waals surface area contributed by atoms with Gasteiger partial charge in [0.15, 0.2) is 5.69 Å². The molecule has 0 radical (unpaired) electrons. The third-order valence-corrected chi connectivity index (χ3v) is 6.00. The third kappa shape index (κ3) is 6.43. The van der Waals surface area contributed by atoms with E-state index in [0.29, 0.717) is 24.7 Å².